The molecule has 29 heavy (non-hydrogen) atoms. The number of anilines is 1. The van der Waals surface area contributed by atoms with Gasteiger partial charge >= 0.3 is 0 Å². The molecule has 0 radical (unpaired) electrons. The standard InChI is InChI=1S/C24H31N3O2/c1-25(19-21-11-5-6-12-22(21)26-15-17-29-18-16-26)23(20-9-3-2-4-10-20)24(28)27-13-7-8-14-27/h2-6,9-12,23H,7-8,13-19H2,1H3/t23-/m1/s1. The van der Waals surface area contributed by atoms with E-state index < -0.39 is 0 Å². The number of amides is 1. The maximum atomic E-state index is 13.4. The van der Waals surface area contributed by atoms with Gasteiger partial charge in [-0.1, -0.05) is 48.5 Å². The SMILES string of the molecule is CN(Cc1ccccc1N1CCOCC1)[C@@H](C(=O)N1CCCC1)c1ccccc1. The molecule has 2 saturated heterocycles. The van der Waals surface area contributed by atoms with Crippen LogP contribution in [0.5, 0.6) is 0 Å². The van der Waals surface area contributed by atoms with E-state index in [1.54, 1.807) is 0 Å². The smallest absolute Gasteiger partial charge is 0.244 e. The number of hydrogen-bond acceptors (Lipinski definition) is 4. The topological polar surface area (TPSA) is 36.0 Å². The van der Waals surface area contributed by atoms with Crippen LogP contribution in [0.1, 0.15) is 30.0 Å². The molecule has 0 unspecified atom stereocenters. The number of morpholine rings is 1. The zero-order chi connectivity index (χ0) is 20.1. The molecule has 1 amide bonds. The Bertz CT molecular complexity index is 799. The molecule has 1 atom stereocenters. The molecule has 0 N–H and O–H groups in total. The van der Waals surface area contributed by atoms with Gasteiger partial charge in [-0.2, -0.15) is 0 Å². The zero-order valence-corrected chi connectivity index (χ0v) is 17.3. The van der Waals surface area contributed by atoms with E-state index >= 15 is 0 Å². The van der Waals surface area contributed by atoms with Gasteiger partial charge in [0.1, 0.15) is 6.04 Å². The highest BCUT2D eigenvalue weighted by molar-refractivity contribution is 5.83. The lowest BCUT2D eigenvalue weighted by Crippen LogP contribution is -2.41. The van der Waals surface area contributed by atoms with Crippen molar-refractivity contribution in [3.63, 3.8) is 0 Å². The van der Waals surface area contributed by atoms with Crippen LogP contribution in [0.3, 0.4) is 0 Å². The maximum Gasteiger partial charge on any atom is 0.244 e. The Morgan fingerprint density at radius 3 is 2.34 bits per heavy atom. The summed E-state index contributed by atoms with van der Waals surface area (Å²) in [6.07, 6.45) is 2.22. The molecule has 4 rings (SSSR count). The lowest BCUT2D eigenvalue weighted by atomic mass is 10.0. The van der Waals surface area contributed by atoms with Crippen molar-refractivity contribution in [3.05, 3.63) is 65.7 Å². The van der Waals surface area contributed by atoms with E-state index in [0.717, 1.165) is 64.3 Å². The summed E-state index contributed by atoms with van der Waals surface area (Å²) in [4.78, 5) is 20.1. The van der Waals surface area contributed by atoms with E-state index in [2.05, 4.69) is 53.2 Å². The number of likely N-dealkylation sites (N-methyl/N-ethyl adjacent to an activating group) is 1. The summed E-state index contributed by atoms with van der Waals surface area (Å²) in [7, 11) is 2.07. The molecule has 2 aromatic carbocycles. The first kappa shape index (κ1) is 19.9. The number of nitrogens with zero attached hydrogens (tertiary/aromatic N) is 3. The van der Waals surface area contributed by atoms with Crippen molar-refractivity contribution in [2.75, 3.05) is 51.3 Å². The number of likely N-dealkylation sites (tertiary alicyclic amines) is 1. The first-order valence-corrected chi connectivity index (χ1v) is 10.7. The van der Waals surface area contributed by atoms with Crippen molar-refractivity contribution in [2.45, 2.75) is 25.4 Å². The van der Waals surface area contributed by atoms with Crippen LogP contribution in [0.25, 0.3) is 0 Å². The molecule has 0 saturated carbocycles. The number of benzene rings is 2. The highest BCUT2D eigenvalue weighted by Gasteiger charge is 2.31. The average molecular weight is 394 g/mol. The third-order valence-corrected chi connectivity index (χ3v) is 5.97. The predicted octanol–water partition coefficient (Wildman–Crippen LogP) is 3.32. The summed E-state index contributed by atoms with van der Waals surface area (Å²) in [6.45, 7) is 5.84. The van der Waals surface area contributed by atoms with Gasteiger partial charge in [0.05, 0.1) is 13.2 Å². The van der Waals surface area contributed by atoms with Crippen LogP contribution < -0.4 is 4.90 Å². The van der Waals surface area contributed by atoms with Crippen molar-refractivity contribution in [3.8, 4) is 0 Å². The first-order valence-electron chi connectivity index (χ1n) is 10.7. The quantitative estimate of drug-likeness (QED) is 0.754. The van der Waals surface area contributed by atoms with Crippen LogP contribution in [0.2, 0.25) is 0 Å². The van der Waals surface area contributed by atoms with Gasteiger partial charge in [0.25, 0.3) is 0 Å². The predicted molar refractivity (Wildman–Crippen MR) is 116 cm³/mol. The Balaban J connectivity index is 1.58. The van der Waals surface area contributed by atoms with Crippen molar-refractivity contribution in [2.24, 2.45) is 0 Å². The normalized spacial score (nSPS) is 18.3. The molecule has 2 heterocycles. The van der Waals surface area contributed by atoms with Crippen molar-refractivity contribution >= 4 is 11.6 Å². The Hall–Kier alpha value is -2.37. The van der Waals surface area contributed by atoms with E-state index in [4.69, 9.17) is 4.74 Å². The van der Waals surface area contributed by atoms with Crippen molar-refractivity contribution in [1.82, 2.24) is 9.80 Å². The van der Waals surface area contributed by atoms with Gasteiger partial charge < -0.3 is 14.5 Å². The molecule has 2 fully saturated rings. The molecular formula is C24H31N3O2. The Kier molecular flexibility index (Phi) is 6.47. The van der Waals surface area contributed by atoms with Gasteiger partial charge in [-0.3, -0.25) is 9.69 Å². The van der Waals surface area contributed by atoms with Crippen LogP contribution in [0.15, 0.2) is 54.6 Å². The van der Waals surface area contributed by atoms with Gasteiger partial charge in [-0.05, 0) is 37.1 Å². The summed E-state index contributed by atoms with van der Waals surface area (Å²) in [5.41, 5.74) is 3.57. The number of ether oxygens (including phenoxy) is 1. The Morgan fingerprint density at radius 2 is 1.62 bits per heavy atom. The van der Waals surface area contributed by atoms with Crippen molar-refractivity contribution in [1.29, 1.82) is 0 Å². The molecule has 2 aromatic rings. The lowest BCUT2D eigenvalue weighted by Gasteiger charge is -2.34. The van der Waals surface area contributed by atoms with E-state index in [1.165, 1.54) is 11.3 Å². The van der Waals surface area contributed by atoms with E-state index in [-0.39, 0.29) is 11.9 Å². The van der Waals surface area contributed by atoms with Crippen molar-refractivity contribution < 1.29 is 9.53 Å². The third kappa shape index (κ3) is 4.62. The minimum atomic E-state index is -0.257. The Labute approximate surface area is 173 Å². The van der Waals surface area contributed by atoms with Gasteiger partial charge in [0, 0.05) is 38.4 Å². The molecule has 154 valence electrons. The van der Waals surface area contributed by atoms with E-state index in [9.17, 15) is 4.79 Å². The minimum absolute atomic E-state index is 0.222. The fourth-order valence-corrected chi connectivity index (χ4v) is 4.45. The highest BCUT2D eigenvalue weighted by atomic mass is 16.5. The summed E-state index contributed by atoms with van der Waals surface area (Å²) in [5, 5.41) is 0. The number of para-hydroxylation sites is 1. The molecule has 0 aliphatic carbocycles. The zero-order valence-electron chi connectivity index (χ0n) is 17.3. The van der Waals surface area contributed by atoms with E-state index in [1.807, 2.05) is 23.1 Å². The molecule has 2 aliphatic heterocycles. The summed E-state index contributed by atoms with van der Waals surface area (Å²) in [6, 6.07) is 18.5. The number of rotatable bonds is 6. The van der Waals surface area contributed by atoms with Gasteiger partial charge in [-0.25, -0.2) is 0 Å². The molecule has 0 aromatic heterocycles. The fourth-order valence-electron chi connectivity index (χ4n) is 4.45. The largest absolute Gasteiger partial charge is 0.378 e. The fraction of sp³-hybridized carbons (Fsp3) is 0.458. The van der Waals surface area contributed by atoms with Gasteiger partial charge in [0.2, 0.25) is 5.91 Å². The summed E-state index contributed by atoms with van der Waals surface area (Å²) in [5.74, 6) is 0.222. The first-order chi connectivity index (χ1) is 14.2. The molecule has 0 spiro atoms. The number of carbonyl (C=O) groups is 1. The monoisotopic (exact) mass is 393 g/mol. The summed E-state index contributed by atoms with van der Waals surface area (Å²) < 4.78 is 5.52. The van der Waals surface area contributed by atoms with Crippen LogP contribution in [-0.4, -0.2) is 62.1 Å². The molecule has 5 heteroatoms. The van der Waals surface area contributed by atoms with Crippen LogP contribution in [-0.2, 0) is 16.1 Å². The lowest BCUT2D eigenvalue weighted by molar-refractivity contribution is -0.136. The molecule has 5 nitrogen and oxygen atoms in total. The number of carbonyl (C=O) groups excluding carboxylic acids is 1. The number of hydrogen-bond donors (Lipinski definition) is 0. The minimum Gasteiger partial charge on any atom is -0.378 e. The third-order valence-electron chi connectivity index (χ3n) is 5.97. The second kappa shape index (κ2) is 9.42. The molecular weight excluding hydrogens is 362 g/mol. The van der Waals surface area contributed by atoms with Crippen LogP contribution in [0.4, 0.5) is 5.69 Å². The van der Waals surface area contributed by atoms with E-state index in [0.29, 0.717) is 0 Å². The van der Waals surface area contributed by atoms with Gasteiger partial charge in [-0.15, -0.1) is 0 Å². The second-order valence-electron chi connectivity index (χ2n) is 7.99. The van der Waals surface area contributed by atoms with Crippen LogP contribution in [0, 0.1) is 0 Å². The molecule has 0 bridgehead atoms. The van der Waals surface area contributed by atoms with Gasteiger partial charge in [0.15, 0.2) is 0 Å². The molecule has 2 aliphatic rings. The second-order valence-corrected chi connectivity index (χ2v) is 7.99. The maximum absolute atomic E-state index is 13.4. The van der Waals surface area contributed by atoms with Crippen LogP contribution >= 0.6 is 0 Å². The highest BCUT2D eigenvalue weighted by Crippen LogP contribution is 2.29. The summed E-state index contributed by atoms with van der Waals surface area (Å²) >= 11 is 0. The Morgan fingerprint density at radius 1 is 0.966 bits per heavy atom. The average Bonchev–Trinajstić information content (AvgIpc) is 3.31.